The van der Waals surface area contributed by atoms with Crippen LogP contribution in [-0.4, -0.2) is 37.0 Å². The molecule has 2 unspecified atom stereocenters. The van der Waals surface area contributed by atoms with Crippen molar-refractivity contribution in [3.8, 4) is 0 Å². The summed E-state index contributed by atoms with van der Waals surface area (Å²) >= 11 is 0. The van der Waals surface area contributed by atoms with E-state index in [1.54, 1.807) is 0 Å². The van der Waals surface area contributed by atoms with Gasteiger partial charge < -0.3 is 11.1 Å². The fraction of sp³-hybridized carbons (Fsp3) is 0.533. The van der Waals surface area contributed by atoms with Crippen molar-refractivity contribution in [3.63, 3.8) is 0 Å². The molecule has 3 N–H and O–H groups in total. The van der Waals surface area contributed by atoms with E-state index in [9.17, 15) is 13.6 Å². The third-order valence-electron chi connectivity index (χ3n) is 4.09. The van der Waals surface area contributed by atoms with E-state index in [4.69, 9.17) is 5.73 Å². The Morgan fingerprint density at radius 2 is 2.19 bits per heavy atom. The van der Waals surface area contributed by atoms with Crippen molar-refractivity contribution in [1.82, 2.24) is 4.90 Å². The zero-order valence-electron chi connectivity index (χ0n) is 12.1. The van der Waals surface area contributed by atoms with Gasteiger partial charge in [-0.3, -0.25) is 9.69 Å². The van der Waals surface area contributed by atoms with Crippen LogP contribution in [-0.2, 0) is 4.79 Å². The van der Waals surface area contributed by atoms with Crippen molar-refractivity contribution in [1.29, 1.82) is 0 Å². The van der Waals surface area contributed by atoms with Crippen molar-refractivity contribution in [2.45, 2.75) is 25.3 Å². The summed E-state index contributed by atoms with van der Waals surface area (Å²) in [5, 5.41) is 2.47. The molecule has 1 saturated carbocycles. The SMILES string of the molecule is CN(CC(=O)Nc1ccc(F)cc1F)C1CCCC1CN. The summed E-state index contributed by atoms with van der Waals surface area (Å²) in [4.78, 5) is 13.9. The lowest BCUT2D eigenvalue weighted by atomic mass is 10.0. The van der Waals surface area contributed by atoms with E-state index in [-0.39, 0.29) is 18.1 Å². The zero-order chi connectivity index (χ0) is 15.4. The number of rotatable bonds is 5. The summed E-state index contributed by atoms with van der Waals surface area (Å²) in [6, 6.07) is 3.38. The Kier molecular flexibility index (Phi) is 5.25. The molecular formula is C15H21F2N3O. The summed E-state index contributed by atoms with van der Waals surface area (Å²) in [6.07, 6.45) is 3.22. The maximum absolute atomic E-state index is 13.5. The fourth-order valence-electron chi connectivity index (χ4n) is 3.00. The monoisotopic (exact) mass is 297 g/mol. The van der Waals surface area contributed by atoms with Crippen LogP contribution < -0.4 is 11.1 Å². The van der Waals surface area contributed by atoms with Crippen molar-refractivity contribution in [2.24, 2.45) is 11.7 Å². The van der Waals surface area contributed by atoms with E-state index in [0.717, 1.165) is 31.4 Å². The van der Waals surface area contributed by atoms with Crippen molar-refractivity contribution >= 4 is 11.6 Å². The molecule has 0 heterocycles. The summed E-state index contributed by atoms with van der Waals surface area (Å²) in [5.74, 6) is -1.35. The molecule has 1 aromatic rings. The molecule has 1 aliphatic rings. The smallest absolute Gasteiger partial charge is 0.238 e. The van der Waals surface area contributed by atoms with E-state index in [1.807, 2.05) is 11.9 Å². The highest BCUT2D eigenvalue weighted by Crippen LogP contribution is 2.28. The van der Waals surface area contributed by atoms with Gasteiger partial charge in [-0.15, -0.1) is 0 Å². The predicted octanol–water partition coefficient (Wildman–Crippen LogP) is 1.96. The first-order chi connectivity index (χ1) is 10.0. The first-order valence-electron chi connectivity index (χ1n) is 7.16. The molecule has 6 heteroatoms. The second-order valence-electron chi connectivity index (χ2n) is 5.58. The standard InChI is InChI=1S/C15H21F2N3O/c1-20(14-4-2-3-10(14)8-18)9-15(21)19-13-6-5-11(16)7-12(13)17/h5-7,10,14H,2-4,8-9,18H2,1H3,(H,19,21). The molecular weight excluding hydrogens is 276 g/mol. The first-order valence-corrected chi connectivity index (χ1v) is 7.16. The highest BCUT2D eigenvalue weighted by Gasteiger charge is 2.30. The van der Waals surface area contributed by atoms with Crippen LogP contribution in [0.15, 0.2) is 18.2 Å². The van der Waals surface area contributed by atoms with E-state index in [2.05, 4.69) is 5.32 Å². The van der Waals surface area contributed by atoms with Crippen LogP contribution in [0.3, 0.4) is 0 Å². The molecule has 1 aliphatic carbocycles. The van der Waals surface area contributed by atoms with Crippen LogP contribution in [0, 0.1) is 17.6 Å². The van der Waals surface area contributed by atoms with Crippen molar-refractivity contribution in [3.05, 3.63) is 29.8 Å². The molecule has 0 aliphatic heterocycles. The Morgan fingerprint density at radius 1 is 1.43 bits per heavy atom. The number of halogens is 2. The minimum absolute atomic E-state index is 0.00315. The highest BCUT2D eigenvalue weighted by atomic mass is 19.1. The summed E-state index contributed by atoms with van der Waals surface area (Å²) in [5.41, 5.74) is 5.73. The lowest BCUT2D eigenvalue weighted by Gasteiger charge is -2.28. The average Bonchev–Trinajstić information content (AvgIpc) is 2.90. The van der Waals surface area contributed by atoms with Gasteiger partial charge in [0.15, 0.2) is 0 Å². The molecule has 21 heavy (non-hydrogen) atoms. The van der Waals surface area contributed by atoms with Gasteiger partial charge in [0.05, 0.1) is 12.2 Å². The Morgan fingerprint density at radius 3 is 2.86 bits per heavy atom. The van der Waals surface area contributed by atoms with Gasteiger partial charge >= 0.3 is 0 Å². The second kappa shape index (κ2) is 6.95. The van der Waals surface area contributed by atoms with E-state index >= 15 is 0 Å². The van der Waals surface area contributed by atoms with Gasteiger partial charge in [-0.05, 0) is 44.5 Å². The largest absolute Gasteiger partial charge is 0.330 e. The van der Waals surface area contributed by atoms with Crippen LogP contribution in [0.4, 0.5) is 14.5 Å². The third-order valence-corrected chi connectivity index (χ3v) is 4.09. The number of anilines is 1. The minimum Gasteiger partial charge on any atom is -0.330 e. The number of likely N-dealkylation sites (N-methyl/N-ethyl adjacent to an activating group) is 1. The quantitative estimate of drug-likeness (QED) is 0.873. The lowest BCUT2D eigenvalue weighted by molar-refractivity contribution is -0.117. The van der Waals surface area contributed by atoms with Gasteiger partial charge in [-0.1, -0.05) is 6.42 Å². The van der Waals surface area contributed by atoms with Crippen molar-refractivity contribution < 1.29 is 13.6 Å². The van der Waals surface area contributed by atoms with Crippen LogP contribution in [0.25, 0.3) is 0 Å². The predicted molar refractivity (Wildman–Crippen MR) is 77.8 cm³/mol. The Labute approximate surface area is 123 Å². The van der Waals surface area contributed by atoms with Gasteiger partial charge in [-0.2, -0.15) is 0 Å². The molecule has 4 nitrogen and oxygen atoms in total. The number of benzene rings is 1. The lowest BCUT2D eigenvalue weighted by Crippen LogP contribution is -2.41. The number of hydrogen-bond acceptors (Lipinski definition) is 3. The zero-order valence-corrected chi connectivity index (χ0v) is 12.1. The van der Waals surface area contributed by atoms with E-state index in [0.29, 0.717) is 18.5 Å². The normalized spacial score (nSPS) is 21.8. The molecule has 2 atom stereocenters. The summed E-state index contributed by atoms with van der Waals surface area (Å²) < 4.78 is 26.3. The number of nitrogens with two attached hydrogens (primary N) is 1. The van der Waals surface area contributed by atoms with Gasteiger partial charge in [0, 0.05) is 12.1 Å². The Balaban J connectivity index is 1.92. The number of amides is 1. The van der Waals surface area contributed by atoms with E-state index < -0.39 is 11.6 Å². The molecule has 2 rings (SSSR count). The van der Waals surface area contributed by atoms with Gasteiger partial charge in [0.2, 0.25) is 5.91 Å². The summed E-state index contributed by atoms with van der Waals surface area (Å²) in [7, 11) is 1.87. The van der Waals surface area contributed by atoms with Crippen LogP contribution in [0.2, 0.25) is 0 Å². The molecule has 1 fully saturated rings. The van der Waals surface area contributed by atoms with Crippen molar-refractivity contribution in [2.75, 3.05) is 25.5 Å². The first kappa shape index (κ1) is 15.9. The maximum atomic E-state index is 13.5. The molecule has 0 aromatic heterocycles. The maximum Gasteiger partial charge on any atom is 0.238 e. The number of carbonyl (C=O) groups is 1. The number of carbonyl (C=O) groups excluding carboxylic acids is 1. The third kappa shape index (κ3) is 3.98. The summed E-state index contributed by atoms with van der Waals surface area (Å²) in [6.45, 7) is 0.779. The fourth-order valence-corrected chi connectivity index (χ4v) is 3.00. The number of nitrogens with one attached hydrogen (secondary N) is 1. The highest BCUT2D eigenvalue weighted by molar-refractivity contribution is 5.92. The second-order valence-corrected chi connectivity index (χ2v) is 5.58. The molecule has 0 radical (unpaired) electrons. The average molecular weight is 297 g/mol. The van der Waals surface area contributed by atoms with Gasteiger partial charge in [0.25, 0.3) is 0 Å². The van der Waals surface area contributed by atoms with Crippen LogP contribution >= 0.6 is 0 Å². The Bertz CT molecular complexity index is 510. The van der Waals surface area contributed by atoms with E-state index in [1.165, 1.54) is 6.07 Å². The topological polar surface area (TPSA) is 58.4 Å². The Hall–Kier alpha value is -1.53. The molecule has 116 valence electrons. The van der Waals surface area contributed by atoms with Gasteiger partial charge in [-0.25, -0.2) is 8.78 Å². The molecule has 0 bridgehead atoms. The molecule has 0 spiro atoms. The van der Waals surface area contributed by atoms with Crippen LogP contribution in [0.5, 0.6) is 0 Å². The molecule has 1 aromatic carbocycles. The molecule has 1 amide bonds. The number of nitrogens with zero attached hydrogens (tertiary/aromatic N) is 1. The van der Waals surface area contributed by atoms with Gasteiger partial charge in [0.1, 0.15) is 11.6 Å². The number of hydrogen-bond donors (Lipinski definition) is 2. The van der Waals surface area contributed by atoms with Crippen LogP contribution in [0.1, 0.15) is 19.3 Å². The molecule has 0 saturated heterocycles. The minimum atomic E-state index is -0.772.